The topological polar surface area (TPSA) is 58.2 Å². The Labute approximate surface area is 140 Å². The summed E-state index contributed by atoms with van der Waals surface area (Å²) in [5.74, 6) is 0.119. The minimum atomic E-state index is -0.0887. The number of hydrogen-bond donors (Lipinski definition) is 1. The van der Waals surface area contributed by atoms with Crippen LogP contribution in [0.1, 0.15) is 17.3 Å². The standard InChI is InChI=1S/C19H19N3O2/c23-19(12-14-5-6-15-3-1-2-4-16(15)11-14)22-9-10-24-13-18(22)17-7-8-20-21-17/h1-8,11,18H,9-10,12-13H2,(H,20,21). The van der Waals surface area contributed by atoms with E-state index < -0.39 is 0 Å². The second-order valence-corrected chi connectivity index (χ2v) is 6.05. The largest absolute Gasteiger partial charge is 0.377 e. The van der Waals surface area contributed by atoms with E-state index in [2.05, 4.69) is 34.5 Å². The Kier molecular flexibility index (Phi) is 4.01. The van der Waals surface area contributed by atoms with E-state index >= 15 is 0 Å². The van der Waals surface area contributed by atoms with Crippen molar-refractivity contribution in [2.75, 3.05) is 19.8 Å². The lowest BCUT2D eigenvalue weighted by molar-refractivity contribution is -0.139. The van der Waals surface area contributed by atoms with E-state index in [4.69, 9.17) is 4.74 Å². The summed E-state index contributed by atoms with van der Waals surface area (Å²) in [5.41, 5.74) is 1.95. The Bertz CT molecular complexity index is 845. The van der Waals surface area contributed by atoms with Crippen LogP contribution >= 0.6 is 0 Å². The number of hydrogen-bond acceptors (Lipinski definition) is 3. The van der Waals surface area contributed by atoms with Crippen molar-refractivity contribution in [2.24, 2.45) is 0 Å². The number of benzene rings is 2. The highest BCUT2D eigenvalue weighted by molar-refractivity contribution is 5.85. The summed E-state index contributed by atoms with van der Waals surface area (Å²) in [5, 5.41) is 9.30. The van der Waals surface area contributed by atoms with Crippen LogP contribution in [0.2, 0.25) is 0 Å². The first-order valence-electron chi connectivity index (χ1n) is 8.15. The molecule has 1 aliphatic rings. The molecule has 1 atom stereocenters. The zero-order chi connectivity index (χ0) is 16.4. The Morgan fingerprint density at radius 2 is 2.08 bits per heavy atom. The smallest absolute Gasteiger partial charge is 0.227 e. The first-order valence-corrected chi connectivity index (χ1v) is 8.15. The molecule has 1 aliphatic heterocycles. The van der Waals surface area contributed by atoms with Crippen molar-refractivity contribution in [2.45, 2.75) is 12.5 Å². The number of amides is 1. The number of aromatic nitrogens is 2. The molecule has 0 aliphatic carbocycles. The van der Waals surface area contributed by atoms with Gasteiger partial charge in [-0.05, 0) is 22.4 Å². The molecule has 0 bridgehead atoms. The molecule has 1 unspecified atom stereocenters. The van der Waals surface area contributed by atoms with Crippen LogP contribution < -0.4 is 0 Å². The van der Waals surface area contributed by atoms with Crippen molar-refractivity contribution in [1.82, 2.24) is 15.1 Å². The molecule has 24 heavy (non-hydrogen) atoms. The number of nitrogens with zero attached hydrogens (tertiary/aromatic N) is 2. The molecule has 0 radical (unpaired) electrons. The molecular weight excluding hydrogens is 302 g/mol. The molecule has 2 heterocycles. The summed E-state index contributed by atoms with van der Waals surface area (Å²) in [6.45, 7) is 1.69. The van der Waals surface area contributed by atoms with E-state index in [-0.39, 0.29) is 11.9 Å². The second kappa shape index (κ2) is 6.45. The van der Waals surface area contributed by atoms with E-state index in [1.807, 2.05) is 29.2 Å². The number of carbonyl (C=O) groups is 1. The summed E-state index contributed by atoms with van der Waals surface area (Å²) >= 11 is 0. The van der Waals surface area contributed by atoms with Crippen molar-refractivity contribution >= 4 is 16.7 Å². The molecule has 5 heteroatoms. The van der Waals surface area contributed by atoms with E-state index in [9.17, 15) is 4.79 Å². The summed E-state index contributed by atoms with van der Waals surface area (Å²) in [6, 6.07) is 16.2. The number of rotatable bonds is 3. The summed E-state index contributed by atoms with van der Waals surface area (Å²) in [4.78, 5) is 14.7. The monoisotopic (exact) mass is 321 g/mol. The number of aromatic amines is 1. The summed E-state index contributed by atoms with van der Waals surface area (Å²) < 4.78 is 5.55. The van der Waals surface area contributed by atoms with Gasteiger partial charge >= 0.3 is 0 Å². The van der Waals surface area contributed by atoms with Crippen molar-refractivity contribution in [3.05, 3.63) is 66.0 Å². The fourth-order valence-electron chi connectivity index (χ4n) is 3.24. The van der Waals surface area contributed by atoms with Crippen molar-refractivity contribution in [1.29, 1.82) is 0 Å². The Morgan fingerprint density at radius 3 is 2.92 bits per heavy atom. The fourth-order valence-corrected chi connectivity index (χ4v) is 3.24. The van der Waals surface area contributed by atoms with Gasteiger partial charge in [0.15, 0.2) is 0 Å². The Hall–Kier alpha value is -2.66. The number of H-pyrrole nitrogens is 1. The zero-order valence-electron chi connectivity index (χ0n) is 13.3. The van der Waals surface area contributed by atoms with Crippen LogP contribution in [0.15, 0.2) is 54.7 Å². The molecule has 122 valence electrons. The van der Waals surface area contributed by atoms with Crippen molar-refractivity contribution in [3.8, 4) is 0 Å². The van der Waals surface area contributed by atoms with Gasteiger partial charge in [0.2, 0.25) is 5.91 Å². The predicted molar refractivity (Wildman–Crippen MR) is 91.5 cm³/mol. The predicted octanol–water partition coefficient (Wildman–Crippen LogP) is 2.71. The lowest BCUT2D eigenvalue weighted by Gasteiger charge is -2.35. The zero-order valence-corrected chi connectivity index (χ0v) is 13.3. The molecule has 1 amide bonds. The molecule has 0 spiro atoms. The lowest BCUT2D eigenvalue weighted by Crippen LogP contribution is -2.44. The number of ether oxygens (including phenoxy) is 1. The number of nitrogens with one attached hydrogen (secondary N) is 1. The molecule has 1 N–H and O–H groups in total. The van der Waals surface area contributed by atoms with E-state index in [1.165, 1.54) is 5.39 Å². The highest BCUT2D eigenvalue weighted by Crippen LogP contribution is 2.24. The Balaban J connectivity index is 1.55. The van der Waals surface area contributed by atoms with Gasteiger partial charge in [-0.15, -0.1) is 0 Å². The SMILES string of the molecule is O=C(Cc1ccc2ccccc2c1)N1CCOCC1c1ccn[nH]1. The van der Waals surface area contributed by atoms with Crippen LogP contribution in [0.4, 0.5) is 0 Å². The van der Waals surface area contributed by atoms with Gasteiger partial charge in [0.25, 0.3) is 0 Å². The number of fused-ring (bicyclic) bond motifs is 1. The van der Waals surface area contributed by atoms with Crippen LogP contribution in [0.3, 0.4) is 0 Å². The minimum absolute atomic E-state index is 0.0887. The quantitative estimate of drug-likeness (QED) is 0.807. The highest BCUT2D eigenvalue weighted by Gasteiger charge is 2.29. The number of morpholine rings is 1. The molecule has 5 nitrogen and oxygen atoms in total. The first-order chi connectivity index (χ1) is 11.8. The molecule has 1 fully saturated rings. The van der Waals surface area contributed by atoms with Gasteiger partial charge in [-0.2, -0.15) is 5.10 Å². The van der Waals surface area contributed by atoms with Gasteiger partial charge in [0.05, 0.1) is 31.4 Å². The average Bonchev–Trinajstić information content (AvgIpc) is 3.16. The summed E-state index contributed by atoms with van der Waals surface area (Å²) in [7, 11) is 0. The average molecular weight is 321 g/mol. The van der Waals surface area contributed by atoms with Crippen LogP contribution in [0.25, 0.3) is 10.8 Å². The third-order valence-electron chi connectivity index (χ3n) is 4.50. The maximum atomic E-state index is 12.8. The van der Waals surface area contributed by atoms with E-state index in [0.717, 1.165) is 16.6 Å². The first kappa shape index (κ1) is 14.9. The van der Waals surface area contributed by atoms with Gasteiger partial charge in [-0.25, -0.2) is 0 Å². The molecule has 1 saturated heterocycles. The fraction of sp³-hybridized carbons (Fsp3) is 0.263. The number of carbonyl (C=O) groups excluding carboxylic acids is 1. The van der Waals surface area contributed by atoms with E-state index in [1.54, 1.807) is 6.20 Å². The van der Waals surface area contributed by atoms with Gasteiger partial charge in [-0.3, -0.25) is 9.89 Å². The lowest BCUT2D eigenvalue weighted by atomic mass is 10.0. The minimum Gasteiger partial charge on any atom is -0.377 e. The van der Waals surface area contributed by atoms with Crippen LogP contribution in [-0.4, -0.2) is 40.8 Å². The Morgan fingerprint density at radius 1 is 1.21 bits per heavy atom. The highest BCUT2D eigenvalue weighted by atomic mass is 16.5. The van der Waals surface area contributed by atoms with Crippen molar-refractivity contribution < 1.29 is 9.53 Å². The second-order valence-electron chi connectivity index (χ2n) is 6.05. The maximum Gasteiger partial charge on any atom is 0.227 e. The van der Waals surface area contributed by atoms with Crippen LogP contribution in [0.5, 0.6) is 0 Å². The van der Waals surface area contributed by atoms with Crippen LogP contribution in [-0.2, 0) is 16.0 Å². The van der Waals surface area contributed by atoms with Crippen molar-refractivity contribution in [3.63, 3.8) is 0 Å². The van der Waals surface area contributed by atoms with Gasteiger partial charge < -0.3 is 9.64 Å². The maximum absolute atomic E-state index is 12.8. The molecule has 3 aromatic rings. The molecule has 2 aromatic carbocycles. The molecule has 0 saturated carbocycles. The normalized spacial score (nSPS) is 18.0. The summed E-state index contributed by atoms with van der Waals surface area (Å²) in [6.07, 6.45) is 2.10. The molecule has 1 aromatic heterocycles. The third-order valence-corrected chi connectivity index (χ3v) is 4.50. The van der Waals surface area contributed by atoms with E-state index in [0.29, 0.717) is 26.2 Å². The van der Waals surface area contributed by atoms with Gasteiger partial charge in [0.1, 0.15) is 0 Å². The van der Waals surface area contributed by atoms with Crippen LogP contribution in [0, 0.1) is 0 Å². The van der Waals surface area contributed by atoms with Gasteiger partial charge in [0, 0.05) is 12.7 Å². The third kappa shape index (κ3) is 2.90. The van der Waals surface area contributed by atoms with Gasteiger partial charge in [-0.1, -0.05) is 42.5 Å². The molecule has 4 rings (SSSR count). The molecular formula is C19H19N3O2.